The van der Waals surface area contributed by atoms with Gasteiger partial charge in [-0.1, -0.05) is 15.9 Å². The first-order chi connectivity index (χ1) is 7.33. The van der Waals surface area contributed by atoms with Gasteiger partial charge in [-0.05, 0) is 25.7 Å². The molecule has 0 N–H and O–H groups in total. The fraction of sp³-hybridized carbons (Fsp3) is 0.727. The summed E-state index contributed by atoms with van der Waals surface area (Å²) in [4.78, 5) is 0.598. The molecule has 1 aliphatic heterocycles. The van der Waals surface area contributed by atoms with Crippen LogP contribution in [0.5, 0.6) is 0 Å². The molecular formula is C11H15BrN2O. The Labute approximate surface area is 97.9 Å². The molecule has 0 amide bonds. The molecule has 0 radical (unpaired) electrons. The molecule has 15 heavy (non-hydrogen) atoms. The van der Waals surface area contributed by atoms with Crippen LogP contribution < -0.4 is 0 Å². The standard InChI is InChI=1S/C11H15BrN2O/c12-9-3-4-15-11(5-9)8-6-13-14(7-8)10-1-2-10/h6-7,9-11H,1-5H2. The van der Waals surface area contributed by atoms with Crippen LogP contribution in [0.3, 0.4) is 0 Å². The molecule has 1 aromatic rings. The molecule has 2 heterocycles. The van der Waals surface area contributed by atoms with Gasteiger partial charge in [-0.2, -0.15) is 5.10 Å². The third-order valence-electron chi connectivity index (χ3n) is 3.13. The van der Waals surface area contributed by atoms with Crippen molar-refractivity contribution in [1.82, 2.24) is 9.78 Å². The summed E-state index contributed by atoms with van der Waals surface area (Å²) in [7, 11) is 0. The van der Waals surface area contributed by atoms with Crippen LogP contribution in [0.4, 0.5) is 0 Å². The van der Waals surface area contributed by atoms with E-state index < -0.39 is 0 Å². The minimum atomic E-state index is 0.246. The number of nitrogens with zero attached hydrogens (tertiary/aromatic N) is 2. The van der Waals surface area contributed by atoms with Crippen molar-refractivity contribution in [2.75, 3.05) is 6.61 Å². The Hall–Kier alpha value is -0.350. The van der Waals surface area contributed by atoms with Gasteiger partial charge in [0.2, 0.25) is 0 Å². The fourth-order valence-electron chi connectivity index (χ4n) is 2.05. The minimum Gasteiger partial charge on any atom is -0.373 e. The van der Waals surface area contributed by atoms with E-state index in [4.69, 9.17) is 4.74 Å². The Bertz CT molecular complexity index is 348. The highest BCUT2D eigenvalue weighted by Crippen LogP contribution is 2.36. The molecule has 3 nitrogen and oxygen atoms in total. The van der Waals surface area contributed by atoms with Crippen LogP contribution in [-0.4, -0.2) is 21.2 Å². The molecular weight excluding hydrogens is 256 g/mol. The van der Waals surface area contributed by atoms with Crippen LogP contribution >= 0.6 is 15.9 Å². The largest absolute Gasteiger partial charge is 0.373 e. The van der Waals surface area contributed by atoms with Gasteiger partial charge in [0.05, 0.1) is 18.3 Å². The highest BCUT2D eigenvalue weighted by molar-refractivity contribution is 9.09. The zero-order valence-electron chi connectivity index (χ0n) is 8.60. The summed E-state index contributed by atoms with van der Waals surface area (Å²) in [5.41, 5.74) is 1.24. The molecule has 4 heteroatoms. The van der Waals surface area contributed by atoms with E-state index in [9.17, 15) is 0 Å². The van der Waals surface area contributed by atoms with Crippen molar-refractivity contribution in [3.8, 4) is 0 Å². The average molecular weight is 271 g/mol. The first-order valence-electron chi connectivity index (χ1n) is 5.62. The van der Waals surface area contributed by atoms with Crippen molar-refractivity contribution >= 4 is 15.9 Å². The van der Waals surface area contributed by atoms with Crippen LogP contribution in [0.2, 0.25) is 0 Å². The van der Waals surface area contributed by atoms with Crippen molar-refractivity contribution < 1.29 is 4.74 Å². The molecule has 2 unspecified atom stereocenters. The lowest BCUT2D eigenvalue weighted by Gasteiger charge is -2.25. The summed E-state index contributed by atoms with van der Waals surface area (Å²) < 4.78 is 7.86. The number of aromatic nitrogens is 2. The van der Waals surface area contributed by atoms with E-state index in [0.29, 0.717) is 10.9 Å². The second kappa shape index (κ2) is 3.91. The van der Waals surface area contributed by atoms with Gasteiger partial charge < -0.3 is 4.74 Å². The fourth-order valence-corrected chi connectivity index (χ4v) is 2.57. The van der Waals surface area contributed by atoms with Crippen molar-refractivity contribution in [3.05, 3.63) is 18.0 Å². The number of halogens is 1. The summed E-state index contributed by atoms with van der Waals surface area (Å²) in [5, 5.41) is 4.40. The van der Waals surface area contributed by atoms with Gasteiger partial charge in [-0.25, -0.2) is 0 Å². The number of alkyl halides is 1. The molecule has 0 bridgehead atoms. The van der Waals surface area contributed by atoms with Gasteiger partial charge in [0.25, 0.3) is 0 Å². The van der Waals surface area contributed by atoms with E-state index in [-0.39, 0.29) is 6.10 Å². The topological polar surface area (TPSA) is 27.1 Å². The van der Waals surface area contributed by atoms with Gasteiger partial charge in [0.1, 0.15) is 0 Å². The summed E-state index contributed by atoms with van der Waals surface area (Å²) >= 11 is 3.67. The van der Waals surface area contributed by atoms with Gasteiger partial charge in [0.15, 0.2) is 0 Å². The molecule has 2 atom stereocenters. The Morgan fingerprint density at radius 2 is 2.27 bits per heavy atom. The summed E-state index contributed by atoms with van der Waals surface area (Å²) in [5.74, 6) is 0. The Morgan fingerprint density at radius 1 is 1.40 bits per heavy atom. The highest BCUT2D eigenvalue weighted by atomic mass is 79.9. The smallest absolute Gasteiger partial charge is 0.0866 e. The minimum absolute atomic E-state index is 0.246. The van der Waals surface area contributed by atoms with Crippen LogP contribution in [-0.2, 0) is 4.74 Å². The van der Waals surface area contributed by atoms with Crippen LogP contribution in [0.15, 0.2) is 12.4 Å². The van der Waals surface area contributed by atoms with Crippen molar-refractivity contribution in [2.24, 2.45) is 0 Å². The average Bonchev–Trinajstić information content (AvgIpc) is 2.97. The third-order valence-corrected chi connectivity index (χ3v) is 3.97. The first kappa shape index (κ1) is 9.85. The zero-order valence-corrected chi connectivity index (χ0v) is 10.2. The number of hydrogen-bond donors (Lipinski definition) is 0. The predicted octanol–water partition coefficient (Wildman–Crippen LogP) is 2.83. The second-order valence-electron chi connectivity index (χ2n) is 4.47. The van der Waals surface area contributed by atoms with Gasteiger partial charge in [-0.15, -0.1) is 0 Å². The van der Waals surface area contributed by atoms with Crippen LogP contribution in [0.1, 0.15) is 43.4 Å². The quantitative estimate of drug-likeness (QED) is 0.773. The monoisotopic (exact) mass is 270 g/mol. The van der Waals surface area contributed by atoms with E-state index in [0.717, 1.165) is 19.4 Å². The van der Waals surface area contributed by atoms with E-state index in [1.54, 1.807) is 0 Å². The molecule has 2 fully saturated rings. The Balaban J connectivity index is 1.73. The van der Waals surface area contributed by atoms with Gasteiger partial charge in [0, 0.05) is 23.2 Å². The second-order valence-corrected chi connectivity index (χ2v) is 5.76. The molecule has 0 spiro atoms. The van der Waals surface area contributed by atoms with Crippen molar-refractivity contribution in [1.29, 1.82) is 0 Å². The summed E-state index contributed by atoms with van der Waals surface area (Å²) in [6.07, 6.45) is 9.13. The Morgan fingerprint density at radius 3 is 3.00 bits per heavy atom. The van der Waals surface area contributed by atoms with E-state index >= 15 is 0 Å². The lowest BCUT2D eigenvalue weighted by atomic mass is 10.0. The Kier molecular flexibility index (Phi) is 2.56. The molecule has 1 aromatic heterocycles. The normalized spacial score (nSPS) is 31.8. The maximum Gasteiger partial charge on any atom is 0.0866 e. The van der Waals surface area contributed by atoms with Gasteiger partial charge >= 0.3 is 0 Å². The maximum absolute atomic E-state index is 5.76. The molecule has 1 saturated heterocycles. The molecule has 2 aliphatic rings. The number of rotatable bonds is 2. The third kappa shape index (κ3) is 2.11. The number of ether oxygens (including phenoxy) is 1. The molecule has 1 saturated carbocycles. The lowest BCUT2D eigenvalue weighted by Crippen LogP contribution is -2.19. The molecule has 3 rings (SSSR count). The highest BCUT2D eigenvalue weighted by Gasteiger charge is 2.27. The van der Waals surface area contributed by atoms with E-state index in [2.05, 4.69) is 31.9 Å². The first-order valence-corrected chi connectivity index (χ1v) is 6.54. The van der Waals surface area contributed by atoms with Crippen LogP contribution in [0, 0.1) is 0 Å². The SMILES string of the molecule is BrC1CCOC(c2cnn(C3CC3)c2)C1. The maximum atomic E-state index is 5.76. The summed E-state index contributed by atoms with van der Waals surface area (Å²) in [6, 6.07) is 0.669. The lowest BCUT2D eigenvalue weighted by molar-refractivity contribution is 0.0187. The molecule has 0 aromatic carbocycles. The van der Waals surface area contributed by atoms with Gasteiger partial charge in [-0.3, -0.25) is 4.68 Å². The summed E-state index contributed by atoms with van der Waals surface area (Å²) in [6.45, 7) is 0.856. The van der Waals surface area contributed by atoms with Crippen molar-refractivity contribution in [3.63, 3.8) is 0 Å². The van der Waals surface area contributed by atoms with Crippen LogP contribution in [0.25, 0.3) is 0 Å². The number of hydrogen-bond acceptors (Lipinski definition) is 2. The van der Waals surface area contributed by atoms with E-state index in [1.165, 1.54) is 18.4 Å². The predicted molar refractivity (Wildman–Crippen MR) is 61.1 cm³/mol. The molecule has 82 valence electrons. The zero-order chi connectivity index (χ0) is 10.3. The molecule has 1 aliphatic carbocycles. The van der Waals surface area contributed by atoms with Crippen molar-refractivity contribution in [2.45, 2.75) is 42.7 Å². The van der Waals surface area contributed by atoms with E-state index in [1.807, 2.05) is 6.20 Å².